The highest BCUT2D eigenvalue weighted by Crippen LogP contribution is 2.27. The minimum atomic E-state index is -4.16. The maximum atomic E-state index is 13.0. The Morgan fingerprint density at radius 2 is 2.06 bits per heavy atom. The lowest BCUT2D eigenvalue weighted by Gasteiger charge is -2.35. The van der Waals surface area contributed by atoms with Gasteiger partial charge in [0.2, 0.25) is 0 Å². The lowest BCUT2D eigenvalue weighted by Crippen LogP contribution is -2.52. The molecule has 0 bridgehead atoms. The summed E-state index contributed by atoms with van der Waals surface area (Å²) in [5.41, 5.74) is 0. The first-order valence-corrected chi connectivity index (χ1v) is 6.70. The van der Waals surface area contributed by atoms with Gasteiger partial charge in [-0.05, 0) is 32.2 Å². The van der Waals surface area contributed by atoms with E-state index in [2.05, 4.69) is 5.32 Å². The molecule has 1 N–H and O–H groups in total. The fourth-order valence-electron chi connectivity index (χ4n) is 2.69. The van der Waals surface area contributed by atoms with E-state index in [0.717, 1.165) is 25.7 Å². The normalized spacial score (nSPS) is 32.2. The van der Waals surface area contributed by atoms with Crippen LogP contribution in [0.2, 0.25) is 0 Å². The van der Waals surface area contributed by atoms with E-state index in [4.69, 9.17) is 4.74 Å². The van der Waals surface area contributed by atoms with Gasteiger partial charge in [-0.1, -0.05) is 0 Å². The molecule has 2 saturated heterocycles. The van der Waals surface area contributed by atoms with Crippen LogP contribution >= 0.6 is 0 Å². The van der Waals surface area contributed by atoms with Crippen LogP contribution in [-0.4, -0.2) is 56.0 Å². The summed E-state index contributed by atoms with van der Waals surface area (Å²) in [6.07, 6.45) is -0.449. The molecule has 0 amide bonds. The first-order valence-electron chi connectivity index (χ1n) is 6.70. The van der Waals surface area contributed by atoms with Crippen LogP contribution in [-0.2, 0) is 4.74 Å². The van der Waals surface area contributed by atoms with E-state index in [1.165, 1.54) is 0 Å². The molecule has 2 rings (SSSR count). The lowest BCUT2D eigenvalue weighted by molar-refractivity contribution is -0.185. The van der Waals surface area contributed by atoms with Crippen molar-refractivity contribution in [3.63, 3.8) is 0 Å². The highest BCUT2D eigenvalue weighted by Gasteiger charge is 2.44. The number of ether oxygens (including phenoxy) is 1. The molecule has 0 aromatic rings. The Hall–Kier alpha value is -0.330. The van der Waals surface area contributed by atoms with Crippen molar-refractivity contribution in [3.8, 4) is 0 Å². The second-order valence-electron chi connectivity index (χ2n) is 5.10. The first-order chi connectivity index (χ1) is 8.57. The summed E-state index contributed by atoms with van der Waals surface area (Å²) in [6, 6.07) is -1.37. The van der Waals surface area contributed by atoms with E-state index in [1.807, 2.05) is 0 Å². The van der Waals surface area contributed by atoms with Crippen LogP contribution < -0.4 is 5.32 Å². The van der Waals surface area contributed by atoms with Crippen LogP contribution in [0, 0.1) is 0 Å². The second kappa shape index (κ2) is 6.21. The van der Waals surface area contributed by atoms with Crippen molar-refractivity contribution < 1.29 is 17.9 Å². The van der Waals surface area contributed by atoms with Gasteiger partial charge in [0.15, 0.2) is 0 Å². The third-order valence-corrected chi connectivity index (χ3v) is 3.67. The van der Waals surface area contributed by atoms with Crippen molar-refractivity contribution in [2.45, 2.75) is 44.0 Å². The van der Waals surface area contributed by atoms with E-state index in [0.29, 0.717) is 26.2 Å². The number of rotatable bonds is 2. The van der Waals surface area contributed by atoms with Gasteiger partial charge in [0.25, 0.3) is 0 Å². The summed E-state index contributed by atoms with van der Waals surface area (Å²) in [5, 5.41) is 2.87. The fourth-order valence-corrected chi connectivity index (χ4v) is 2.69. The Morgan fingerprint density at radius 1 is 1.22 bits per heavy atom. The fraction of sp³-hybridized carbons (Fsp3) is 1.00. The van der Waals surface area contributed by atoms with Gasteiger partial charge in [-0.2, -0.15) is 13.2 Å². The van der Waals surface area contributed by atoms with E-state index >= 15 is 0 Å². The van der Waals surface area contributed by atoms with Gasteiger partial charge < -0.3 is 10.1 Å². The predicted molar refractivity (Wildman–Crippen MR) is 62.5 cm³/mol. The standard InChI is InChI=1S/C12H21F3N2O/c13-12(14,15)11-8-16-5-3-6-17(11)9-10-4-1-2-7-18-10/h10-11,16H,1-9H2. The molecule has 0 spiro atoms. The molecule has 0 aliphatic carbocycles. The van der Waals surface area contributed by atoms with E-state index in [-0.39, 0.29) is 12.6 Å². The van der Waals surface area contributed by atoms with Crippen molar-refractivity contribution in [2.24, 2.45) is 0 Å². The van der Waals surface area contributed by atoms with E-state index in [1.54, 1.807) is 4.90 Å². The van der Waals surface area contributed by atoms with Gasteiger partial charge in [-0.3, -0.25) is 4.90 Å². The topological polar surface area (TPSA) is 24.5 Å². The highest BCUT2D eigenvalue weighted by molar-refractivity contribution is 4.85. The molecule has 2 atom stereocenters. The van der Waals surface area contributed by atoms with Crippen molar-refractivity contribution >= 4 is 0 Å². The third-order valence-electron chi connectivity index (χ3n) is 3.67. The lowest BCUT2D eigenvalue weighted by atomic mass is 10.1. The number of hydrogen-bond donors (Lipinski definition) is 1. The summed E-state index contributed by atoms with van der Waals surface area (Å²) in [6.45, 7) is 2.25. The maximum absolute atomic E-state index is 13.0. The molecule has 6 heteroatoms. The van der Waals surface area contributed by atoms with Crippen LogP contribution in [0.25, 0.3) is 0 Å². The molecular formula is C12H21F3N2O. The highest BCUT2D eigenvalue weighted by atomic mass is 19.4. The molecule has 18 heavy (non-hydrogen) atoms. The zero-order valence-electron chi connectivity index (χ0n) is 10.5. The van der Waals surface area contributed by atoms with Gasteiger partial charge in [0, 0.05) is 26.2 Å². The molecule has 106 valence electrons. The molecule has 2 aliphatic rings. The number of alkyl halides is 3. The quantitative estimate of drug-likeness (QED) is 0.824. The summed E-state index contributed by atoms with van der Waals surface area (Å²) in [5.74, 6) is 0. The molecule has 0 aromatic carbocycles. The number of halogens is 3. The predicted octanol–water partition coefficient (Wildman–Crippen LogP) is 1.78. The Morgan fingerprint density at radius 3 is 2.72 bits per heavy atom. The van der Waals surface area contributed by atoms with Crippen molar-refractivity contribution in [2.75, 3.05) is 32.8 Å². The van der Waals surface area contributed by atoms with Crippen LogP contribution in [0.1, 0.15) is 25.7 Å². The number of nitrogens with zero attached hydrogens (tertiary/aromatic N) is 1. The largest absolute Gasteiger partial charge is 0.405 e. The smallest absolute Gasteiger partial charge is 0.377 e. The van der Waals surface area contributed by atoms with Gasteiger partial charge >= 0.3 is 6.18 Å². The zero-order valence-corrected chi connectivity index (χ0v) is 10.5. The van der Waals surface area contributed by atoms with E-state index < -0.39 is 12.2 Å². The van der Waals surface area contributed by atoms with Crippen molar-refractivity contribution in [1.29, 1.82) is 0 Å². The summed E-state index contributed by atoms with van der Waals surface area (Å²) < 4.78 is 44.6. The van der Waals surface area contributed by atoms with Gasteiger partial charge in [-0.25, -0.2) is 0 Å². The molecule has 0 radical (unpaired) electrons. The van der Waals surface area contributed by atoms with E-state index in [9.17, 15) is 13.2 Å². The summed E-state index contributed by atoms with van der Waals surface area (Å²) >= 11 is 0. The minimum absolute atomic E-state index is 0.00375. The monoisotopic (exact) mass is 266 g/mol. The zero-order chi connectivity index (χ0) is 13.0. The summed E-state index contributed by atoms with van der Waals surface area (Å²) in [4.78, 5) is 1.55. The molecule has 0 saturated carbocycles. The summed E-state index contributed by atoms with van der Waals surface area (Å²) in [7, 11) is 0. The third kappa shape index (κ3) is 3.83. The van der Waals surface area contributed by atoms with Gasteiger partial charge in [-0.15, -0.1) is 0 Å². The molecule has 2 aliphatic heterocycles. The molecule has 2 heterocycles. The van der Waals surface area contributed by atoms with Crippen molar-refractivity contribution in [1.82, 2.24) is 10.2 Å². The van der Waals surface area contributed by atoms with Crippen LogP contribution in [0.5, 0.6) is 0 Å². The van der Waals surface area contributed by atoms with Crippen LogP contribution in [0.15, 0.2) is 0 Å². The maximum Gasteiger partial charge on any atom is 0.405 e. The molecule has 2 fully saturated rings. The minimum Gasteiger partial charge on any atom is -0.377 e. The molecule has 0 aromatic heterocycles. The van der Waals surface area contributed by atoms with Crippen molar-refractivity contribution in [3.05, 3.63) is 0 Å². The number of nitrogens with one attached hydrogen (secondary N) is 1. The first kappa shape index (κ1) is 14.1. The Kier molecular flexibility index (Phi) is 4.86. The molecule has 2 unspecified atom stereocenters. The Labute approximate surface area is 106 Å². The van der Waals surface area contributed by atoms with Crippen LogP contribution in [0.3, 0.4) is 0 Å². The van der Waals surface area contributed by atoms with Gasteiger partial charge in [0.05, 0.1) is 6.10 Å². The van der Waals surface area contributed by atoms with Crippen LogP contribution in [0.4, 0.5) is 13.2 Å². The Bertz CT molecular complexity index is 254. The van der Waals surface area contributed by atoms with Gasteiger partial charge in [0.1, 0.15) is 6.04 Å². The average molecular weight is 266 g/mol. The molecule has 3 nitrogen and oxygen atoms in total. The molecular weight excluding hydrogens is 245 g/mol. The average Bonchev–Trinajstić information content (AvgIpc) is 2.55. The second-order valence-corrected chi connectivity index (χ2v) is 5.10. The Balaban J connectivity index is 1.96. The SMILES string of the molecule is FC(F)(F)C1CNCCCN1CC1CCCCO1. The number of hydrogen-bond acceptors (Lipinski definition) is 3.